The molecule has 0 spiro atoms. The van der Waals surface area contributed by atoms with Crippen LogP contribution in [0.25, 0.3) is 0 Å². The van der Waals surface area contributed by atoms with Crippen LogP contribution < -0.4 is 9.77 Å². The van der Waals surface area contributed by atoms with E-state index in [-0.39, 0.29) is 6.61 Å². The predicted molar refractivity (Wildman–Crippen MR) is 136 cm³/mol. The van der Waals surface area contributed by atoms with Crippen molar-refractivity contribution >= 4 is 58.2 Å². The molecule has 2 unspecified atom stereocenters. The molecule has 0 bridgehead atoms. The van der Waals surface area contributed by atoms with Crippen molar-refractivity contribution in [2.24, 2.45) is 5.92 Å². The number of nitrogens with zero attached hydrogens (tertiary/aromatic N) is 2. The molecule has 0 aliphatic carbocycles. The van der Waals surface area contributed by atoms with Crippen LogP contribution in [-0.2, 0) is 31.8 Å². The molecule has 7 nitrogen and oxygen atoms in total. The Kier molecular flexibility index (Phi) is 6.91. The highest BCUT2D eigenvalue weighted by molar-refractivity contribution is 8.00. The summed E-state index contributed by atoms with van der Waals surface area (Å²) in [5.41, 5.74) is -1.10. The van der Waals surface area contributed by atoms with Crippen LogP contribution in [-0.4, -0.2) is 34.2 Å². The fourth-order valence-corrected chi connectivity index (χ4v) is 7.67. The maximum Gasteiger partial charge on any atom is 0.418 e. The minimum atomic E-state index is -4.80. The van der Waals surface area contributed by atoms with Gasteiger partial charge < -0.3 is 4.74 Å². The van der Waals surface area contributed by atoms with Crippen LogP contribution in [0.1, 0.15) is 28.8 Å². The van der Waals surface area contributed by atoms with Gasteiger partial charge in [0, 0.05) is 15.8 Å². The van der Waals surface area contributed by atoms with Crippen molar-refractivity contribution in [3.05, 3.63) is 79.2 Å². The zero-order valence-electron chi connectivity index (χ0n) is 19.5. The second-order valence-electron chi connectivity index (χ2n) is 8.55. The van der Waals surface area contributed by atoms with E-state index in [4.69, 9.17) is 16.3 Å². The van der Waals surface area contributed by atoms with Crippen molar-refractivity contribution in [2.75, 3.05) is 11.5 Å². The van der Waals surface area contributed by atoms with Crippen molar-refractivity contribution in [1.82, 2.24) is 4.57 Å². The maximum absolute atomic E-state index is 13.8. The number of thioether (sulfide) groups is 1. The topological polar surface area (TPSA) is 85.7 Å². The lowest BCUT2D eigenvalue weighted by Crippen LogP contribution is -2.33. The minimum absolute atomic E-state index is 0.103. The molecule has 0 saturated carbocycles. The van der Waals surface area contributed by atoms with Gasteiger partial charge in [0.1, 0.15) is 11.8 Å². The van der Waals surface area contributed by atoms with Crippen molar-refractivity contribution in [3.63, 3.8) is 0 Å². The normalized spacial score (nSPS) is 20.9. The standard InChI is InChI=1S/C25H18ClF3N2O5S2/c1-2-36-16(32)11-30-23-20(38-24(30)35)17(12-7-9-13(26)10-8-12)18-19(37-23)22(34)31(21(18)33)15-6-4-3-5-14(15)25(27,28)29/h3-10,17-19H,2,11H2,1H3/t17-,18?,19?/m1/s1. The second-order valence-corrected chi connectivity index (χ2v) is 11.1. The van der Waals surface area contributed by atoms with Gasteiger partial charge in [-0.15, -0.1) is 0 Å². The number of carbonyl (C=O) groups excluding carboxylic acids is 3. The highest BCUT2D eigenvalue weighted by Crippen LogP contribution is 2.54. The van der Waals surface area contributed by atoms with E-state index < -0.39 is 63.7 Å². The van der Waals surface area contributed by atoms with Crippen LogP contribution in [0.4, 0.5) is 18.9 Å². The number of benzene rings is 2. The van der Waals surface area contributed by atoms with E-state index in [2.05, 4.69) is 0 Å². The third kappa shape index (κ3) is 4.44. The number of thiazole rings is 1. The first-order valence-electron chi connectivity index (χ1n) is 11.4. The van der Waals surface area contributed by atoms with E-state index in [1.54, 1.807) is 31.2 Å². The van der Waals surface area contributed by atoms with Crippen LogP contribution in [0.2, 0.25) is 5.02 Å². The van der Waals surface area contributed by atoms with E-state index in [1.165, 1.54) is 16.7 Å². The SMILES string of the molecule is CCOC(=O)Cn1c2c(sc1=O)[C@H](c1ccc(Cl)cc1)C1C(=O)N(c3ccccc3C(F)(F)F)C(=O)C1S2. The summed E-state index contributed by atoms with van der Waals surface area (Å²) in [6.45, 7) is 1.32. The fourth-order valence-electron chi connectivity index (χ4n) is 4.77. The molecule has 1 aromatic heterocycles. The first-order valence-corrected chi connectivity index (χ1v) is 13.5. The molecular weight excluding hydrogens is 565 g/mol. The summed E-state index contributed by atoms with van der Waals surface area (Å²) in [6, 6.07) is 10.9. The Bertz CT molecular complexity index is 1500. The Balaban J connectivity index is 1.66. The van der Waals surface area contributed by atoms with Crippen molar-refractivity contribution < 1.29 is 32.3 Å². The highest BCUT2D eigenvalue weighted by Gasteiger charge is 2.57. The molecule has 1 saturated heterocycles. The number of fused-ring (bicyclic) bond motifs is 2. The Hall–Kier alpha value is -3.09. The number of carbonyl (C=O) groups is 3. The Morgan fingerprint density at radius 1 is 1.05 bits per heavy atom. The molecule has 1 fully saturated rings. The maximum atomic E-state index is 13.8. The average molecular weight is 583 g/mol. The molecule has 2 aliphatic heterocycles. The van der Waals surface area contributed by atoms with Crippen LogP contribution >= 0.6 is 34.7 Å². The summed E-state index contributed by atoms with van der Waals surface area (Å²) < 4.78 is 47.6. The summed E-state index contributed by atoms with van der Waals surface area (Å²) in [4.78, 5) is 53.1. The highest BCUT2D eigenvalue weighted by atomic mass is 35.5. The lowest BCUT2D eigenvalue weighted by molar-refractivity contribution is -0.144. The van der Waals surface area contributed by atoms with E-state index in [0.29, 0.717) is 25.4 Å². The quantitative estimate of drug-likeness (QED) is 0.313. The van der Waals surface area contributed by atoms with Gasteiger partial charge in [0.25, 0.3) is 0 Å². The number of para-hydroxylation sites is 1. The number of anilines is 1. The largest absolute Gasteiger partial charge is 0.465 e. The number of hydrogen-bond donors (Lipinski definition) is 0. The number of esters is 1. The van der Waals surface area contributed by atoms with E-state index in [9.17, 15) is 32.3 Å². The van der Waals surface area contributed by atoms with Gasteiger partial charge in [-0.3, -0.25) is 23.7 Å². The van der Waals surface area contributed by atoms with Crippen LogP contribution in [0.3, 0.4) is 0 Å². The van der Waals surface area contributed by atoms with Crippen molar-refractivity contribution in [2.45, 2.75) is 35.8 Å². The van der Waals surface area contributed by atoms with Gasteiger partial charge in [0.15, 0.2) is 0 Å². The third-order valence-electron chi connectivity index (χ3n) is 6.32. The van der Waals surface area contributed by atoms with Gasteiger partial charge in [0.2, 0.25) is 11.8 Å². The van der Waals surface area contributed by atoms with Gasteiger partial charge >= 0.3 is 17.0 Å². The molecule has 3 heterocycles. The van der Waals surface area contributed by atoms with E-state index in [1.807, 2.05) is 0 Å². The number of halogens is 4. The second kappa shape index (κ2) is 9.90. The summed E-state index contributed by atoms with van der Waals surface area (Å²) in [5, 5.41) is -0.404. The molecule has 2 aromatic carbocycles. The number of ether oxygens (including phenoxy) is 1. The number of rotatable bonds is 5. The van der Waals surface area contributed by atoms with Crippen molar-refractivity contribution in [1.29, 1.82) is 0 Å². The molecule has 13 heteroatoms. The number of alkyl halides is 3. The number of imide groups is 1. The molecule has 2 aliphatic rings. The first kappa shape index (κ1) is 26.5. The average Bonchev–Trinajstić information content (AvgIpc) is 3.30. The van der Waals surface area contributed by atoms with E-state index in [0.717, 1.165) is 35.2 Å². The van der Waals surface area contributed by atoms with Crippen molar-refractivity contribution in [3.8, 4) is 0 Å². The molecule has 38 heavy (non-hydrogen) atoms. The zero-order valence-corrected chi connectivity index (χ0v) is 21.9. The number of hydrogen-bond acceptors (Lipinski definition) is 7. The molecule has 5 rings (SSSR count). The predicted octanol–water partition coefficient (Wildman–Crippen LogP) is 4.94. The minimum Gasteiger partial charge on any atom is -0.465 e. The van der Waals surface area contributed by atoms with Gasteiger partial charge in [-0.1, -0.05) is 59.0 Å². The Morgan fingerprint density at radius 3 is 2.39 bits per heavy atom. The summed E-state index contributed by atoms with van der Waals surface area (Å²) in [6.07, 6.45) is -4.80. The zero-order chi connectivity index (χ0) is 27.4. The summed E-state index contributed by atoms with van der Waals surface area (Å²) >= 11 is 7.78. The smallest absolute Gasteiger partial charge is 0.418 e. The molecule has 0 N–H and O–H groups in total. The van der Waals surface area contributed by atoms with Crippen LogP contribution in [0, 0.1) is 5.92 Å². The lowest BCUT2D eigenvalue weighted by atomic mass is 9.83. The third-order valence-corrected chi connectivity index (χ3v) is 9.18. The van der Waals surface area contributed by atoms with Gasteiger partial charge in [-0.2, -0.15) is 13.2 Å². The molecule has 3 aromatic rings. The fraction of sp³-hybridized carbons (Fsp3) is 0.280. The Labute approximate surface area is 227 Å². The van der Waals surface area contributed by atoms with Gasteiger partial charge in [0.05, 0.1) is 28.8 Å². The summed E-state index contributed by atoms with van der Waals surface area (Å²) in [7, 11) is 0. The van der Waals surface area contributed by atoms with E-state index >= 15 is 0 Å². The number of amides is 2. The monoisotopic (exact) mass is 582 g/mol. The molecule has 198 valence electrons. The van der Waals surface area contributed by atoms with Gasteiger partial charge in [-0.05, 0) is 36.8 Å². The van der Waals surface area contributed by atoms with Crippen LogP contribution in [0.5, 0.6) is 0 Å². The first-order chi connectivity index (χ1) is 18.0. The molecule has 0 radical (unpaired) electrons. The van der Waals surface area contributed by atoms with Crippen LogP contribution in [0.15, 0.2) is 58.4 Å². The molecule has 2 amide bonds. The Morgan fingerprint density at radius 2 is 1.74 bits per heavy atom. The number of aromatic nitrogens is 1. The lowest BCUT2D eigenvalue weighted by Gasteiger charge is -2.30. The molecule has 3 atom stereocenters. The summed E-state index contributed by atoms with van der Waals surface area (Å²) in [5.74, 6) is -4.19. The van der Waals surface area contributed by atoms with Gasteiger partial charge in [-0.25, -0.2) is 4.90 Å². The molecular formula is C25H18ClF3N2O5S2.